The van der Waals surface area contributed by atoms with Gasteiger partial charge in [0.1, 0.15) is 23.4 Å². The molecule has 3 aromatic carbocycles. The first-order chi connectivity index (χ1) is 20.7. The molecule has 2 amide bonds. The van der Waals surface area contributed by atoms with E-state index >= 15 is 4.39 Å². The van der Waals surface area contributed by atoms with Gasteiger partial charge in [-0.15, -0.1) is 0 Å². The van der Waals surface area contributed by atoms with Gasteiger partial charge in [-0.3, -0.25) is 10.1 Å². The van der Waals surface area contributed by atoms with Crippen LogP contribution in [0.5, 0.6) is 17.4 Å². The van der Waals surface area contributed by atoms with Crippen LogP contribution in [0.3, 0.4) is 0 Å². The van der Waals surface area contributed by atoms with E-state index in [-0.39, 0.29) is 34.3 Å². The molecule has 4 aromatic rings. The summed E-state index contributed by atoms with van der Waals surface area (Å²) in [7, 11) is -3.34. The molecule has 0 saturated carbocycles. The van der Waals surface area contributed by atoms with Gasteiger partial charge < -0.3 is 14.2 Å². The van der Waals surface area contributed by atoms with Gasteiger partial charge in [0.15, 0.2) is 5.54 Å². The summed E-state index contributed by atoms with van der Waals surface area (Å²) in [5.41, 5.74) is -3.61. The average molecular weight is 603 g/mol. The van der Waals surface area contributed by atoms with Crippen LogP contribution in [0.1, 0.15) is 23.6 Å². The Kier molecular flexibility index (Phi) is 7.71. The molecule has 0 radical (unpaired) electrons. The van der Waals surface area contributed by atoms with Crippen LogP contribution in [0, 0.1) is 17.1 Å². The number of carbonyl (C=O) groups excluding carboxylic acids is 2. The average Bonchev–Trinajstić information content (AvgIpc) is 3.24. The molecular formula is C30H23FN4O7S. The maximum atomic E-state index is 15.1. The molecule has 1 aliphatic heterocycles. The minimum Gasteiger partial charge on any atom is -0.497 e. The van der Waals surface area contributed by atoms with Gasteiger partial charge in [0.2, 0.25) is 5.88 Å². The Morgan fingerprint density at radius 2 is 1.77 bits per heavy atom. The lowest BCUT2D eigenvalue weighted by molar-refractivity contribution is -0.121. The van der Waals surface area contributed by atoms with Gasteiger partial charge in [-0.25, -0.2) is 22.6 Å². The minimum atomic E-state index is -4.74. The molecule has 1 aromatic heterocycles. The molecule has 1 aliphatic rings. The van der Waals surface area contributed by atoms with Crippen molar-refractivity contribution in [3.05, 3.63) is 108 Å². The van der Waals surface area contributed by atoms with Crippen LogP contribution in [0.25, 0.3) is 0 Å². The lowest BCUT2D eigenvalue weighted by Crippen LogP contribution is -2.55. The molecule has 13 heteroatoms. The number of methoxy groups -OCH3 is 1. The van der Waals surface area contributed by atoms with E-state index in [1.54, 1.807) is 31.2 Å². The molecule has 218 valence electrons. The third kappa shape index (κ3) is 4.98. The number of rotatable bonds is 8. The number of nitrogens with one attached hydrogen (secondary N) is 1. The van der Waals surface area contributed by atoms with E-state index in [4.69, 9.17) is 14.2 Å². The number of carbonyl (C=O) groups is 2. The Hall–Kier alpha value is -5.48. The Morgan fingerprint density at radius 3 is 2.42 bits per heavy atom. The Bertz CT molecular complexity index is 1860. The minimum absolute atomic E-state index is 0.0731. The number of amides is 2. The van der Waals surface area contributed by atoms with Crippen molar-refractivity contribution in [1.29, 1.82) is 5.26 Å². The van der Waals surface area contributed by atoms with Crippen molar-refractivity contribution in [1.82, 2.24) is 10.3 Å². The molecule has 11 nitrogen and oxygen atoms in total. The molecule has 0 fully saturated rings. The summed E-state index contributed by atoms with van der Waals surface area (Å²) < 4.78 is 59.8. The number of hydrogen-bond donors (Lipinski definition) is 1. The highest BCUT2D eigenvalue weighted by atomic mass is 32.2. The number of aromatic nitrogens is 1. The number of halogens is 1. The molecule has 0 aliphatic carbocycles. The van der Waals surface area contributed by atoms with Crippen molar-refractivity contribution in [2.75, 3.05) is 18.0 Å². The van der Waals surface area contributed by atoms with Crippen molar-refractivity contribution in [3.8, 4) is 23.4 Å². The second kappa shape index (κ2) is 11.4. The number of benzene rings is 3. The molecule has 0 saturated heterocycles. The Labute approximate surface area is 246 Å². The number of nitrogens with zero attached hydrogens (tertiary/aromatic N) is 3. The molecule has 0 bridgehead atoms. The first kappa shape index (κ1) is 29.0. The summed E-state index contributed by atoms with van der Waals surface area (Å²) in [6, 6.07) is 19.4. The smallest absolute Gasteiger partial charge is 0.414 e. The second-order valence-corrected chi connectivity index (χ2v) is 10.9. The predicted molar refractivity (Wildman–Crippen MR) is 151 cm³/mol. The van der Waals surface area contributed by atoms with Gasteiger partial charge in [-0.1, -0.05) is 18.2 Å². The fraction of sp³-hybridized carbons (Fsp3) is 0.133. The quantitative estimate of drug-likeness (QED) is 0.312. The third-order valence-corrected chi connectivity index (χ3v) is 8.34. The lowest BCUT2D eigenvalue weighted by atomic mass is 9.83. The molecule has 43 heavy (non-hydrogen) atoms. The lowest BCUT2D eigenvalue weighted by Gasteiger charge is -2.30. The number of hydrogen-bond acceptors (Lipinski definition) is 9. The highest BCUT2D eigenvalue weighted by Gasteiger charge is 2.59. The van der Waals surface area contributed by atoms with E-state index in [1.165, 1.54) is 61.8 Å². The standard InChI is InChI=1S/C30H23FN4O7S/c1-3-41-27-23(10-7-15-33-27)30(34-29(37)42-21-8-5-4-6-9-21)24-16-19(18-32)25(31)17-26(24)35(28(30)36)43(38,39)22-13-11-20(40-2)12-14-22/h4-17H,3H2,1-2H3,(H,34,37). The molecular weight excluding hydrogens is 579 g/mol. The monoisotopic (exact) mass is 602 g/mol. The number of nitriles is 1. The SMILES string of the molecule is CCOc1ncccc1C1(NC(=O)Oc2ccccc2)C(=O)N(S(=O)(=O)c2ccc(OC)cc2)c2cc(F)c(C#N)cc21. The van der Waals surface area contributed by atoms with Crippen LogP contribution in [0.2, 0.25) is 0 Å². The number of pyridine rings is 1. The van der Waals surface area contributed by atoms with Gasteiger partial charge in [0.05, 0.1) is 35.4 Å². The van der Waals surface area contributed by atoms with Crippen LogP contribution in [-0.2, 0) is 20.4 Å². The first-order valence-corrected chi connectivity index (χ1v) is 14.2. The largest absolute Gasteiger partial charge is 0.497 e. The zero-order valence-corrected chi connectivity index (χ0v) is 23.6. The van der Waals surface area contributed by atoms with Crippen LogP contribution < -0.4 is 23.8 Å². The molecule has 2 heterocycles. The topological polar surface area (TPSA) is 148 Å². The molecule has 1 unspecified atom stereocenters. The Balaban J connectivity index is 1.79. The van der Waals surface area contributed by atoms with Crippen LogP contribution in [0.15, 0.2) is 90.0 Å². The van der Waals surface area contributed by atoms with Crippen molar-refractivity contribution in [3.63, 3.8) is 0 Å². The fourth-order valence-corrected chi connectivity index (χ4v) is 6.19. The van der Waals surface area contributed by atoms with Crippen LogP contribution >= 0.6 is 0 Å². The first-order valence-electron chi connectivity index (χ1n) is 12.8. The maximum Gasteiger partial charge on any atom is 0.414 e. The number of anilines is 1. The Morgan fingerprint density at radius 1 is 1.05 bits per heavy atom. The zero-order valence-electron chi connectivity index (χ0n) is 22.8. The predicted octanol–water partition coefficient (Wildman–Crippen LogP) is 4.27. The normalized spacial score (nSPS) is 15.8. The summed E-state index contributed by atoms with van der Waals surface area (Å²) in [6.45, 7) is 1.76. The van der Waals surface area contributed by atoms with Gasteiger partial charge in [-0.2, -0.15) is 9.57 Å². The second-order valence-electron chi connectivity index (χ2n) is 9.08. The summed E-state index contributed by atoms with van der Waals surface area (Å²) in [6.07, 6.45) is 0.227. The van der Waals surface area contributed by atoms with Gasteiger partial charge in [0, 0.05) is 17.8 Å². The summed E-state index contributed by atoms with van der Waals surface area (Å²) in [5, 5.41) is 12.2. The highest BCUT2D eigenvalue weighted by Crippen LogP contribution is 2.49. The van der Waals surface area contributed by atoms with Crippen LogP contribution in [0.4, 0.5) is 14.9 Å². The van der Waals surface area contributed by atoms with Crippen molar-refractivity contribution in [2.45, 2.75) is 17.4 Å². The van der Waals surface area contributed by atoms with E-state index in [0.717, 1.165) is 12.1 Å². The maximum absolute atomic E-state index is 15.1. The molecule has 0 spiro atoms. The summed E-state index contributed by atoms with van der Waals surface area (Å²) in [4.78, 5) is 31.9. The van der Waals surface area contributed by atoms with Crippen molar-refractivity contribution < 1.29 is 36.6 Å². The van der Waals surface area contributed by atoms with E-state index in [9.17, 15) is 23.3 Å². The fourth-order valence-electron chi connectivity index (χ4n) is 4.74. The highest BCUT2D eigenvalue weighted by molar-refractivity contribution is 7.93. The van der Waals surface area contributed by atoms with Gasteiger partial charge in [-0.05, 0) is 61.5 Å². The van der Waals surface area contributed by atoms with Gasteiger partial charge >= 0.3 is 6.09 Å². The molecule has 5 rings (SSSR count). The van der Waals surface area contributed by atoms with Crippen LogP contribution in [-0.4, -0.2) is 39.1 Å². The van der Waals surface area contributed by atoms with E-state index in [0.29, 0.717) is 10.1 Å². The summed E-state index contributed by atoms with van der Waals surface area (Å²) >= 11 is 0. The van der Waals surface area contributed by atoms with Crippen molar-refractivity contribution >= 4 is 27.7 Å². The third-order valence-electron chi connectivity index (χ3n) is 6.63. The molecule has 1 N–H and O–H groups in total. The van der Waals surface area contributed by atoms with Crippen molar-refractivity contribution in [2.24, 2.45) is 0 Å². The van der Waals surface area contributed by atoms with E-state index in [2.05, 4.69) is 10.3 Å². The van der Waals surface area contributed by atoms with E-state index in [1.807, 2.05) is 0 Å². The molecule has 1 atom stereocenters. The van der Waals surface area contributed by atoms with E-state index < -0.39 is 44.6 Å². The number of ether oxygens (including phenoxy) is 3. The number of fused-ring (bicyclic) bond motifs is 1. The number of para-hydroxylation sites is 1. The summed E-state index contributed by atoms with van der Waals surface area (Å²) in [5.74, 6) is -1.93. The van der Waals surface area contributed by atoms with Gasteiger partial charge in [0.25, 0.3) is 15.9 Å². The zero-order chi connectivity index (χ0) is 30.8. The number of sulfonamides is 1.